The van der Waals surface area contributed by atoms with Crippen LogP contribution in [0.3, 0.4) is 0 Å². The number of nitrogens with one attached hydrogen (secondary N) is 3. The van der Waals surface area contributed by atoms with Crippen molar-refractivity contribution in [1.82, 2.24) is 9.97 Å². The van der Waals surface area contributed by atoms with Gasteiger partial charge in [-0.25, -0.2) is 18.4 Å². The van der Waals surface area contributed by atoms with E-state index in [0.717, 1.165) is 0 Å². The lowest BCUT2D eigenvalue weighted by molar-refractivity contribution is -0.114. The van der Waals surface area contributed by atoms with E-state index in [-0.39, 0.29) is 22.4 Å². The monoisotopic (exact) mass is 550 g/mol. The Kier molecular flexibility index (Phi) is 6.79. The number of sulfonamides is 1. The molecule has 1 aromatic heterocycles. The Bertz CT molecular complexity index is 1690. The number of rotatable bonds is 8. The third-order valence-corrected chi connectivity index (χ3v) is 7.40. The Labute approximate surface area is 224 Å². The largest absolute Gasteiger partial charge is 0.497 e. The van der Waals surface area contributed by atoms with Gasteiger partial charge in [-0.15, -0.1) is 0 Å². The number of carbonyl (C=O) groups excluding carboxylic acids is 1. The molecule has 10 nitrogen and oxygen atoms in total. The van der Waals surface area contributed by atoms with E-state index in [1.54, 1.807) is 59.6 Å². The molecule has 0 atom stereocenters. The number of nitrogens with zero attached hydrogens (tertiary/aromatic N) is 3. The van der Waals surface area contributed by atoms with Crippen molar-refractivity contribution in [3.63, 3.8) is 0 Å². The van der Waals surface area contributed by atoms with Gasteiger partial charge >= 0.3 is 0 Å². The quantitative estimate of drug-likeness (QED) is 0.276. The zero-order chi connectivity index (χ0) is 26.9. The fourth-order valence-corrected chi connectivity index (χ4v) is 5.31. The van der Waals surface area contributed by atoms with Gasteiger partial charge in [0.2, 0.25) is 5.91 Å². The van der Waals surface area contributed by atoms with Crippen molar-refractivity contribution in [2.75, 3.05) is 33.9 Å². The number of anilines is 5. The number of hydrogen-bond acceptors (Lipinski definition) is 8. The molecule has 0 spiro atoms. The van der Waals surface area contributed by atoms with E-state index in [4.69, 9.17) is 16.3 Å². The van der Waals surface area contributed by atoms with Crippen LogP contribution < -0.4 is 25.0 Å². The van der Waals surface area contributed by atoms with Crippen molar-refractivity contribution >= 4 is 67.3 Å². The van der Waals surface area contributed by atoms with E-state index in [2.05, 4.69) is 25.3 Å². The average Bonchev–Trinajstić information content (AvgIpc) is 2.85. The molecule has 0 saturated carbocycles. The summed E-state index contributed by atoms with van der Waals surface area (Å²) in [5, 5.41) is 6.18. The van der Waals surface area contributed by atoms with Gasteiger partial charge in [-0.3, -0.25) is 9.52 Å². The Morgan fingerprint density at radius 2 is 1.71 bits per heavy atom. The highest BCUT2D eigenvalue weighted by atomic mass is 35.5. The first-order valence-corrected chi connectivity index (χ1v) is 13.4. The molecule has 1 aliphatic rings. The molecule has 0 unspecified atom stereocenters. The topological polar surface area (TPSA) is 126 Å². The van der Waals surface area contributed by atoms with Crippen LogP contribution in [0, 0.1) is 0 Å². The van der Waals surface area contributed by atoms with Gasteiger partial charge in [0.25, 0.3) is 10.0 Å². The Morgan fingerprint density at radius 1 is 1.00 bits per heavy atom. The third-order valence-electron chi connectivity index (χ3n) is 5.70. The number of amides is 1. The van der Waals surface area contributed by atoms with Crippen LogP contribution in [0.4, 0.5) is 28.7 Å². The van der Waals surface area contributed by atoms with E-state index in [1.807, 2.05) is 12.1 Å². The zero-order valence-electron chi connectivity index (χ0n) is 20.4. The third kappa shape index (κ3) is 5.06. The first kappa shape index (κ1) is 25.3. The van der Waals surface area contributed by atoms with E-state index < -0.39 is 10.0 Å². The van der Waals surface area contributed by atoms with Crippen LogP contribution in [0.1, 0.15) is 6.92 Å². The highest BCUT2D eigenvalue weighted by Crippen LogP contribution is 2.38. The summed E-state index contributed by atoms with van der Waals surface area (Å²) in [5.74, 6) is 0.346. The average molecular weight is 551 g/mol. The Hall–Kier alpha value is -4.35. The van der Waals surface area contributed by atoms with Crippen LogP contribution in [0.5, 0.6) is 5.75 Å². The Morgan fingerprint density at radius 3 is 2.34 bits per heavy atom. The standard InChI is InChI=1S/C26H23ClN6O4S/c1-16(34)28-21-9-5-10-23(24(21)33-13-6-14-33)38(35,36)32-26-25(29-19-7-3-4-8-20(19)30-26)31-22-15-17(37-2)11-12-18(22)27/h3-13,15H,14H2,1-2H3,(H,28,34)(H,29,31)(H,30,32). The highest BCUT2D eigenvalue weighted by Gasteiger charge is 2.28. The molecule has 0 aliphatic carbocycles. The summed E-state index contributed by atoms with van der Waals surface area (Å²) in [5.41, 5.74) is 2.21. The summed E-state index contributed by atoms with van der Waals surface area (Å²) in [6, 6.07) is 16.8. The molecule has 0 saturated heterocycles. The summed E-state index contributed by atoms with van der Waals surface area (Å²) in [6.07, 6.45) is 3.62. The molecule has 0 radical (unpaired) electrons. The summed E-state index contributed by atoms with van der Waals surface area (Å²) >= 11 is 6.39. The van der Waals surface area contributed by atoms with Gasteiger partial charge in [-0.1, -0.05) is 29.8 Å². The molecule has 3 aromatic carbocycles. The van der Waals surface area contributed by atoms with Crippen LogP contribution in [-0.4, -0.2) is 37.9 Å². The molecular weight excluding hydrogens is 528 g/mol. The number of carbonyl (C=O) groups is 1. The van der Waals surface area contributed by atoms with E-state index in [9.17, 15) is 13.2 Å². The van der Waals surface area contributed by atoms with Crippen LogP contribution >= 0.6 is 11.6 Å². The maximum atomic E-state index is 13.8. The van der Waals surface area contributed by atoms with Gasteiger partial charge in [-0.05, 0) is 42.5 Å². The van der Waals surface area contributed by atoms with Gasteiger partial charge in [0.05, 0.1) is 40.2 Å². The summed E-state index contributed by atoms with van der Waals surface area (Å²) in [6.45, 7) is 1.86. The van der Waals surface area contributed by atoms with Crippen molar-refractivity contribution in [2.45, 2.75) is 11.8 Å². The van der Waals surface area contributed by atoms with E-state index in [1.165, 1.54) is 20.1 Å². The SMILES string of the molecule is COc1ccc(Cl)c(Nc2nc3ccccc3nc2NS(=O)(=O)c2cccc(NC(C)=O)c2N2C=CC2)c1. The van der Waals surface area contributed by atoms with Crippen LogP contribution in [0.2, 0.25) is 5.02 Å². The molecule has 38 heavy (non-hydrogen) atoms. The molecule has 0 fully saturated rings. The molecular formula is C26H23ClN6O4S. The minimum atomic E-state index is -4.21. The van der Waals surface area contributed by atoms with Crippen molar-refractivity contribution in [1.29, 1.82) is 0 Å². The molecule has 3 N–H and O–H groups in total. The van der Waals surface area contributed by atoms with Gasteiger partial charge in [-0.2, -0.15) is 0 Å². The number of aromatic nitrogens is 2. The molecule has 0 bridgehead atoms. The fraction of sp³-hybridized carbons (Fsp3) is 0.115. The maximum absolute atomic E-state index is 13.8. The zero-order valence-corrected chi connectivity index (χ0v) is 22.0. The van der Waals surface area contributed by atoms with Crippen LogP contribution in [-0.2, 0) is 14.8 Å². The molecule has 2 heterocycles. The number of fused-ring (bicyclic) bond motifs is 1. The number of methoxy groups -OCH3 is 1. The predicted octanol–water partition coefficient (Wildman–Crippen LogP) is 5.13. The lowest BCUT2D eigenvalue weighted by atomic mass is 10.2. The smallest absolute Gasteiger partial charge is 0.265 e. The summed E-state index contributed by atoms with van der Waals surface area (Å²) < 4.78 is 35.5. The molecule has 1 aliphatic heterocycles. The van der Waals surface area contributed by atoms with Gasteiger partial charge in [0.15, 0.2) is 11.6 Å². The minimum Gasteiger partial charge on any atom is -0.497 e. The van der Waals surface area contributed by atoms with Crippen molar-refractivity contribution in [3.8, 4) is 5.75 Å². The second-order valence-electron chi connectivity index (χ2n) is 8.36. The Balaban J connectivity index is 1.61. The number of halogens is 1. The molecule has 5 rings (SSSR count). The minimum absolute atomic E-state index is 0.0300. The van der Waals surface area contributed by atoms with Crippen LogP contribution in [0.15, 0.2) is 77.8 Å². The molecule has 194 valence electrons. The van der Waals surface area contributed by atoms with Crippen molar-refractivity contribution in [3.05, 3.63) is 78.0 Å². The molecule has 4 aromatic rings. The van der Waals surface area contributed by atoms with Gasteiger partial charge in [0, 0.05) is 25.7 Å². The second-order valence-corrected chi connectivity index (χ2v) is 10.4. The lowest BCUT2D eigenvalue weighted by Gasteiger charge is -2.29. The maximum Gasteiger partial charge on any atom is 0.265 e. The van der Waals surface area contributed by atoms with Gasteiger partial charge in [0.1, 0.15) is 10.6 Å². The lowest BCUT2D eigenvalue weighted by Crippen LogP contribution is -2.28. The van der Waals surface area contributed by atoms with E-state index >= 15 is 0 Å². The number of ether oxygens (including phenoxy) is 1. The van der Waals surface area contributed by atoms with Crippen LogP contribution in [0.25, 0.3) is 11.0 Å². The second kappa shape index (κ2) is 10.2. The summed E-state index contributed by atoms with van der Waals surface area (Å²) in [4.78, 5) is 22.7. The molecule has 12 heteroatoms. The van der Waals surface area contributed by atoms with Gasteiger partial charge < -0.3 is 20.3 Å². The predicted molar refractivity (Wildman–Crippen MR) is 149 cm³/mol. The fourth-order valence-electron chi connectivity index (χ4n) is 3.90. The van der Waals surface area contributed by atoms with Crippen molar-refractivity contribution in [2.24, 2.45) is 0 Å². The highest BCUT2D eigenvalue weighted by molar-refractivity contribution is 7.93. The normalized spacial score (nSPS) is 12.7. The first-order chi connectivity index (χ1) is 18.2. The number of hydrogen-bond donors (Lipinski definition) is 3. The first-order valence-electron chi connectivity index (χ1n) is 11.5. The number of benzene rings is 3. The molecule has 1 amide bonds. The number of para-hydroxylation sites is 3. The van der Waals surface area contributed by atoms with E-state index in [0.29, 0.717) is 45.4 Å². The summed E-state index contributed by atoms with van der Waals surface area (Å²) in [7, 11) is -2.68. The van der Waals surface area contributed by atoms with Crippen molar-refractivity contribution < 1.29 is 17.9 Å².